The molecule has 0 aliphatic heterocycles. The molecule has 0 aliphatic rings. The van der Waals surface area contributed by atoms with Gasteiger partial charge in [0.1, 0.15) is 6.54 Å². The zero-order valence-electron chi connectivity index (χ0n) is 15.3. The molecule has 0 radical (unpaired) electrons. The number of pyridine rings is 1. The van der Waals surface area contributed by atoms with Crippen LogP contribution in [0.1, 0.15) is 13.8 Å². The van der Waals surface area contributed by atoms with Crippen molar-refractivity contribution in [2.45, 2.75) is 31.3 Å². The van der Waals surface area contributed by atoms with Gasteiger partial charge in [-0.15, -0.1) is 0 Å². The molecule has 1 amide bonds. The van der Waals surface area contributed by atoms with Gasteiger partial charge in [-0.25, -0.2) is 12.7 Å². The Bertz CT molecular complexity index is 934. The zero-order valence-corrected chi connectivity index (χ0v) is 16.1. The summed E-state index contributed by atoms with van der Waals surface area (Å²) in [7, 11) is -0.875. The minimum atomic E-state index is -3.69. The standard InChI is InChI=1S/C18H23N3O4S/c1-14(2)21(15-8-6-5-7-9-15)18(23)13-20-12-16(10-11-17(20)22)26(24,25)19(3)4/h5-12,14H,13H2,1-4H3. The molecule has 0 saturated carbocycles. The van der Waals surface area contributed by atoms with E-state index < -0.39 is 15.6 Å². The van der Waals surface area contributed by atoms with Crippen LogP contribution >= 0.6 is 0 Å². The largest absolute Gasteiger partial charge is 0.308 e. The van der Waals surface area contributed by atoms with Crippen LogP contribution in [-0.4, -0.2) is 43.3 Å². The van der Waals surface area contributed by atoms with Gasteiger partial charge in [0.2, 0.25) is 15.9 Å². The van der Waals surface area contributed by atoms with Crippen molar-refractivity contribution in [3.05, 3.63) is 59.0 Å². The summed E-state index contributed by atoms with van der Waals surface area (Å²) >= 11 is 0. The van der Waals surface area contributed by atoms with Gasteiger partial charge in [-0.2, -0.15) is 0 Å². The molecule has 0 atom stereocenters. The molecule has 1 aromatic heterocycles. The van der Waals surface area contributed by atoms with Crippen molar-refractivity contribution in [3.63, 3.8) is 0 Å². The third kappa shape index (κ3) is 4.20. The lowest BCUT2D eigenvalue weighted by molar-refractivity contribution is -0.119. The summed E-state index contributed by atoms with van der Waals surface area (Å²) in [6, 6.07) is 11.4. The van der Waals surface area contributed by atoms with E-state index >= 15 is 0 Å². The van der Waals surface area contributed by atoms with Gasteiger partial charge in [-0.3, -0.25) is 9.59 Å². The van der Waals surface area contributed by atoms with E-state index in [1.54, 1.807) is 4.90 Å². The maximum Gasteiger partial charge on any atom is 0.251 e. The highest BCUT2D eigenvalue weighted by atomic mass is 32.2. The van der Waals surface area contributed by atoms with Crippen molar-refractivity contribution in [2.75, 3.05) is 19.0 Å². The Morgan fingerprint density at radius 3 is 2.23 bits per heavy atom. The number of nitrogens with zero attached hydrogens (tertiary/aromatic N) is 3. The molecule has 0 N–H and O–H groups in total. The van der Waals surface area contributed by atoms with Crippen molar-refractivity contribution in [2.24, 2.45) is 0 Å². The van der Waals surface area contributed by atoms with Gasteiger partial charge < -0.3 is 9.47 Å². The Kier molecular flexibility index (Phi) is 5.99. The predicted molar refractivity (Wildman–Crippen MR) is 101 cm³/mol. The van der Waals surface area contributed by atoms with E-state index in [0.717, 1.165) is 20.6 Å². The number of amides is 1. The maximum atomic E-state index is 12.8. The number of carbonyl (C=O) groups is 1. The molecule has 26 heavy (non-hydrogen) atoms. The van der Waals surface area contributed by atoms with E-state index in [1.807, 2.05) is 44.2 Å². The number of hydrogen-bond donors (Lipinski definition) is 0. The molecule has 140 valence electrons. The van der Waals surface area contributed by atoms with Crippen LogP contribution in [0.5, 0.6) is 0 Å². The second kappa shape index (κ2) is 7.84. The first-order chi connectivity index (χ1) is 12.1. The molecule has 1 aromatic carbocycles. The summed E-state index contributed by atoms with van der Waals surface area (Å²) in [5.74, 6) is -0.298. The lowest BCUT2D eigenvalue weighted by Crippen LogP contribution is -2.41. The Balaban J connectivity index is 2.38. The van der Waals surface area contributed by atoms with Crippen LogP contribution < -0.4 is 10.5 Å². The molecule has 1 heterocycles. The van der Waals surface area contributed by atoms with Gasteiger partial charge in [0.05, 0.1) is 4.90 Å². The topological polar surface area (TPSA) is 79.7 Å². The van der Waals surface area contributed by atoms with E-state index in [2.05, 4.69) is 0 Å². The average molecular weight is 377 g/mol. The molecule has 8 heteroatoms. The summed E-state index contributed by atoms with van der Waals surface area (Å²) in [6.45, 7) is 3.50. The van der Waals surface area contributed by atoms with Crippen LogP contribution in [0.4, 0.5) is 5.69 Å². The van der Waals surface area contributed by atoms with Crippen molar-refractivity contribution in [1.29, 1.82) is 0 Å². The molecule has 7 nitrogen and oxygen atoms in total. The third-order valence-electron chi connectivity index (χ3n) is 3.86. The van der Waals surface area contributed by atoms with Gasteiger partial charge in [-0.1, -0.05) is 18.2 Å². The second-order valence-corrected chi connectivity index (χ2v) is 8.46. The fourth-order valence-corrected chi connectivity index (χ4v) is 3.46. The molecule has 0 spiro atoms. The highest BCUT2D eigenvalue weighted by Crippen LogP contribution is 2.17. The van der Waals surface area contributed by atoms with Crippen LogP contribution in [-0.2, 0) is 21.4 Å². The first kappa shape index (κ1) is 19.9. The number of carbonyl (C=O) groups excluding carboxylic acids is 1. The van der Waals surface area contributed by atoms with Crippen LogP contribution in [0.25, 0.3) is 0 Å². The van der Waals surface area contributed by atoms with Crippen LogP contribution in [0, 0.1) is 0 Å². The normalized spacial score (nSPS) is 11.8. The van der Waals surface area contributed by atoms with Crippen molar-refractivity contribution in [1.82, 2.24) is 8.87 Å². The lowest BCUT2D eigenvalue weighted by atomic mass is 10.2. The molecule has 2 aromatic rings. The summed E-state index contributed by atoms with van der Waals surface area (Å²) < 4.78 is 26.7. The summed E-state index contributed by atoms with van der Waals surface area (Å²) in [4.78, 5) is 26.5. The summed E-state index contributed by atoms with van der Waals surface area (Å²) in [6.07, 6.45) is 1.21. The minimum Gasteiger partial charge on any atom is -0.308 e. The number of rotatable bonds is 6. The second-order valence-electron chi connectivity index (χ2n) is 6.31. The van der Waals surface area contributed by atoms with Gasteiger partial charge in [0.15, 0.2) is 0 Å². The van der Waals surface area contributed by atoms with E-state index in [1.165, 1.54) is 26.4 Å². The smallest absolute Gasteiger partial charge is 0.251 e. The number of benzene rings is 1. The Labute approximate surface area is 153 Å². The molecule has 0 saturated heterocycles. The van der Waals surface area contributed by atoms with Gasteiger partial charge >= 0.3 is 0 Å². The van der Waals surface area contributed by atoms with E-state index in [-0.39, 0.29) is 23.4 Å². The molecule has 0 unspecified atom stereocenters. The van der Waals surface area contributed by atoms with Crippen molar-refractivity contribution >= 4 is 21.6 Å². The first-order valence-corrected chi connectivity index (χ1v) is 9.58. The van der Waals surface area contributed by atoms with Crippen LogP contribution in [0.3, 0.4) is 0 Å². The first-order valence-electron chi connectivity index (χ1n) is 8.14. The monoisotopic (exact) mass is 377 g/mol. The molecular weight excluding hydrogens is 354 g/mol. The minimum absolute atomic E-state index is 0.0364. The highest BCUT2D eigenvalue weighted by molar-refractivity contribution is 7.89. The van der Waals surface area contributed by atoms with Gasteiger partial charge in [0, 0.05) is 38.1 Å². The lowest BCUT2D eigenvalue weighted by Gasteiger charge is -2.27. The van der Waals surface area contributed by atoms with Crippen LogP contribution in [0.2, 0.25) is 0 Å². The van der Waals surface area contributed by atoms with E-state index in [9.17, 15) is 18.0 Å². The van der Waals surface area contributed by atoms with Crippen molar-refractivity contribution in [3.8, 4) is 0 Å². The van der Waals surface area contributed by atoms with Gasteiger partial charge in [-0.05, 0) is 32.0 Å². The third-order valence-corrected chi connectivity index (χ3v) is 5.66. The molecule has 0 fully saturated rings. The molecular formula is C18H23N3O4S. The fraction of sp³-hybridized carbons (Fsp3) is 0.333. The fourth-order valence-electron chi connectivity index (χ4n) is 2.54. The van der Waals surface area contributed by atoms with Crippen molar-refractivity contribution < 1.29 is 13.2 Å². The highest BCUT2D eigenvalue weighted by Gasteiger charge is 2.22. The molecule has 0 bridgehead atoms. The average Bonchev–Trinajstić information content (AvgIpc) is 2.57. The van der Waals surface area contributed by atoms with E-state index in [4.69, 9.17) is 0 Å². The Morgan fingerprint density at radius 1 is 1.08 bits per heavy atom. The predicted octanol–water partition coefficient (Wildman–Crippen LogP) is 1.54. The quantitative estimate of drug-likeness (QED) is 0.765. The number of aromatic nitrogens is 1. The number of para-hydroxylation sites is 1. The maximum absolute atomic E-state index is 12.8. The zero-order chi connectivity index (χ0) is 19.5. The number of hydrogen-bond acceptors (Lipinski definition) is 4. The van der Waals surface area contributed by atoms with E-state index in [0.29, 0.717) is 0 Å². The number of anilines is 1. The SMILES string of the molecule is CC(C)N(C(=O)Cn1cc(S(=O)(=O)N(C)C)ccc1=O)c1ccccc1. The summed E-state index contributed by atoms with van der Waals surface area (Å²) in [5, 5.41) is 0. The molecule has 0 aliphatic carbocycles. The Hall–Kier alpha value is -2.45. The van der Waals surface area contributed by atoms with Crippen LogP contribution in [0.15, 0.2) is 58.4 Å². The summed E-state index contributed by atoms with van der Waals surface area (Å²) in [5.41, 5.74) is 0.283. The van der Waals surface area contributed by atoms with Gasteiger partial charge in [0.25, 0.3) is 5.56 Å². The molecule has 2 rings (SSSR count). The number of sulfonamides is 1. The Morgan fingerprint density at radius 2 is 1.69 bits per heavy atom.